The average Bonchev–Trinajstić information content (AvgIpc) is 3.16. The molecular weight excluding hydrogens is 268 g/mol. The monoisotopic (exact) mass is 286 g/mol. The number of carbonyl (C=O) groups is 1. The number of aryl methyl sites for hydroxylation is 1. The maximum Gasteiger partial charge on any atom is 0.273 e. The molecule has 2 aromatic heterocycles. The van der Waals surface area contributed by atoms with Crippen LogP contribution in [0.2, 0.25) is 0 Å². The van der Waals surface area contributed by atoms with E-state index in [1.54, 1.807) is 19.4 Å². The first kappa shape index (κ1) is 13.6. The molecule has 2 aromatic rings. The van der Waals surface area contributed by atoms with Crippen LogP contribution in [0, 0.1) is 6.92 Å². The van der Waals surface area contributed by atoms with Crippen molar-refractivity contribution in [2.24, 2.45) is 0 Å². The highest BCUT2D eigenvalue weighted by atomic mass is 16.3. The van der Waals surface area contributed by atoms with Crippen molar-refractivity contribution in [1.82, 2.24) is 14.9 Å². The van der Waals surface area contributed by atoms with Crippen LogP contribution in [0.1, 0.15) is 40.8 Å². The lowest BCUT2D eigenvalue weighted by Crippen LogP contribution is -2.31. The van der Waals surface area contributed by atoms with Crippen molar-refractivity contribution in [1.29, 1.82) is 0 Å². The van der Waals surface area contributed by atoms with Crippen molar-refractivity contribution in [3.05, 3.63) is 41.6 Å². The van der Waals surface area contributed by atoms with Crippen molar-refractivity contribution >= 4 is 11.9 Å². The number of nitrogens with zero attached hydrogens (tertiary/aromatic N) is 3. The van der Waals surface area contributed by atoms with Crippen molar-refractivity contribution in [3.8, 4) is 0 Å². The van der Waals surface area contributed by atoms with Crippen LogP contribution >= 0.6 is 0 Å². The largest absolute Gasteiger partial charge is 0.467 e. The maximum absolute atomic E-state index is 12.7. The normalized spacial score (nSPS) is 18.0. The summed E-state index contributed by atoms with van der Waals surface area (Å²) >= 11 is 0. The molecule has 1 fully saturated rings. The van der Waals surface area contributed by atoms with Gasteiger partial charge in [0.05, 0.1) is 12.3 Å². The Morgan fingerprint density at radius 2 is 2.33 bits per heavy atom. The zero-order chi connectivity index (χ0) is 14.8. The number of furan rings is 1. The topological polar surface area (TPSA) is 71.3 Å². The molecule has 1 aliphatic heterocycles. The van der Waals surface area contributed by atoms with Gasteiger partial charge in [0.15, 0.2) is 0 Å². The van der Waals surface area contributed by atoms with E-state index in [0.717, 1.165) is 30.8 Å². The number of nitrogens with one attached hydrogen (secondary N) is 1. The second kappa shape index (κ2) is 5.55. The van der Waals surface area contributed by atoms with Gasteiger partial charge in [-0.2, -0.15) is 0 Å². The summed E-state index contributed by atoms with van der Waals surface area (Å²) in [6.07, 6.45) is 3.53. The molecule has 6 heteroatoms. The van der Waals surface area contributed by atoms with Crippen molar-refractivity contribution in [2.45, 2.75) is 25.8 Å². The zero-order valence-electron chi connectivity index (χ0n) is 12.2. The highest BCUT2D eigenvalue weighted by molar-refractivity contribution is 5.93. The Hall–Kier alpha value is -2.37. The van der Waals surface area contributed by atoms with Gasteiger partial charge < -0.3 is 14.6 Å². The number of anilines is 1. The van der Waals surface area contributed by atoms with E-state index in [1.807, 2.05) is 24.0 Å². The molecule has 0 radical (unpaired) electrons. The van der Waals surface area contributed by atoms with E-state index in [1.165, 1.54) is 0 Å². The summed E-state index contributed by atoms with van der Waals surface area (Å²) in [5.74, 6) is 1.23. The minimum Gasteiger partial charge on any atom is -0.467 e. The van der Waals surface area contributed by atoms with Crippen molar-refractivity contribution in [3.63, 3.8) is 0 Å². The van der Waals surface area contributed by atoms with Crippen LogP contribution in [0.15, 0.2) is 28.9 Å². The molecule has 0 aromatic carbocycles. The van der Waals surface area contributed by atoms with Crippen LogP contribution in [0.4, 0.5) is 5.95 Å². The summed E-state index contributed by atoms with van der Waals surface area (Å²) in [6, 6.07) is 5.49. The van der Waals surface area contributed by atoms with Crippen LogP contribution in [0.25, 0.3) is 0 Å². The lowest BCUT2D eigenvalue weighted by atomic mass is 10.1. The molecule has 1 atom stereocenters. The molecule has 0 unspecified atom stereocenters. The Morgan fingerprint density at radius 1 is 1.48 bits per heavy atom. The highest BCUT2D eigenvalue weighted by Gasteiger charge is 2.33. The van der Waals surface area contributed by atoms with E-state index in [-0.39, 0.29) is 11.9 Å². The Kier molecular flexibility index (Phi) is 3.60. The van der Waals surface area contributed by atoms with Crippen LogP contribution in [0.3, 0.4) is 0 Å². The first-order valence-corrected chi connectivity index (χ1v) is 7.07. The van der Waals surface area contributed by atoms with E-state index >= 15 is 0 Å². The van der Waals surface area contributed by atoms with Gasteiger partial charge in [0, 0.05) is 19.3 Å². The van der Waals surface area contributed by atoms with Crippen LogP contribution in [0.5, 0.6) is 0 Å². The summed E-state index contributed by atoms with van der Waals surface area (Å²) in [4.78, 5) is 23.1. The smallest absolute Gasteiger partial charge is 0.273 e. The predicted octanol–water partition coefficient (Wildman–Crippen LogP) is 2.40. The van der Waals surface area contributed by atoms with Crippen molar-refractivity contribution < 1.29 is 9.21 Å². The second-order valence-electron chi connectivity index (χ2n) is 5.14. The van der Waals surface area contributed by atoms with Gasteiger partial charge in [0.1, 0.15) is 11.5 Å². The fourth-order valence-electron chi connectivity index (χ4n) is 2.72. The van der Waals surface area contributed by atoms with Crippen LogP contribution in [-0.2, 0) is 0 Å². The zero-order valence-corrected chi connectivity index (χ0v) is 12.2. The Morgan fingerprint density at radius 3 is 3.05 bits per heavy atom. The second-order valence-corrected chi connectivity index (χ2v) is 5.14. The third-order valence-electron chi connectivity index (χ3n) is 3.68. The summed E-state index contributed by atoms with van der Waals surface area (Å²) in [6.45, 7) is 2.58. The SMILES string of the molecule is CNc1nc(C)cc(C(=O)N2CCC[C@H]2c2ccco2)n1. The minimum atomic E-state index is -0.0732. The molecule has 0 spiro atoms. The molecule has 3 rings (SSSR count). The van der Waals surface area contributed by atoms with Crippen molar-refractivity contribution in [2.75, 3.05) is 18.9 Å². The number of amides is 1. The van der Waals surface area contributed by atoms with Gasteiger partial charge in [-0.05, 0) is 38.0 Å². The van der Waals surface area contributed by atoms with E-state index < -0.39 is 0 Å². The molecule has 1 saturated heterocycles. The highest BCUT2D eigenvalue weighted by Crippen LogP contribution is 2.33. The molecule has 3 heterocycles. The first-order chi connectivity index (χ1) is 10.2. The average molecular weight is 286 g/mol. The van der Waals surface area contributed by atoms with E-state index in [9.17, 15) is 4.79 Å². The van der Waals surface area contributed by atoms with Gasteiger partial charge in [-0.3, -0.25) is 4.79 Å². The fourth-order valence-corrected chi connectivity index (χ4v) is 2.72. The lowest BCUT2D eigenvalue weighted by molar-refractivity contribution is 0.0714. The van der Waals surface area contributed by atoms with Gasteiger partial charge in [-0.15, -0.1) is 0 Å². The number of rotatable bonds is 3. The van der Waals surface area contributed by atoms with Crippen LogP contribution < -0.4 is 5.32 Å². The van der Waals surface area contributed by atoms with Gasteiger partial charge in [-0.25, -0.2) is 9.97 Å². The maximum atomic E-state index is 12.7. The molecule has 6 nitrogen and oxygen atoms in total. The third-order valence-corrected chi connectivity index (χ3v) is 3.68. The molecule has 1 N–H and O–H groups in total. The van der Waals surface area contributed by atoms with Gasteiger partial charge in [0.2, 0.25) is 5.95 Å². The van der Waals surface area contributed by atoms with E-state index in [0.29, 0.717) is 11.6 Å². The molecule has 0 saturated carbocycles. The number of hydrogen-bond acceptors (Lipinski definition) is 5. The van der Waals surface area contributed by atoms with E-state index in [2.05, 4.69) is 15.3 Å². The summed E-state index contributed by atoms with van der Waals surface area (Å²) in [5, 5.41) is 2.88. The molecule has 21 heavy (non-hydrogen) atoms. The third kappa shape index (κ3) is 2.61. The van der Waals surface area contributed by atoms with Gasteiger partial charge >= 0.3 is 0 Å². The number of likely N-dealkylation sites (tertiary alicyclic amines) is 1. The van der Waals surface area contributed by atoms with Crippen LogP contribution in [-0.4, -0.2) is 34.4 Å². The fraction of sp³-hybridized carbons (Fsp3) is 0.400. The molecule has 1 aliphatic rings. The van der Waals surface area contributed by atoms with Gasteiger partial charge in [-0.1, -0.05) is 0 Å². The summed E-state index contributed by atoms with van der Waals surface area (Å²) < 4.78 is 5.46. The molecular formula is C15H18N4O2. The van der Waals surface area contributed by atoms with Gasteiger partial charge in [0.25, 0.3) is 5.91 Å². The standard InChI is InChI=1S/C15H18N4O2/c1-10-9-11(18-15(16-2)17-10)14(20)19-7-3-5-12(19)13-6-4-8-21-13/h4,6,8-9,12H,3,5,7H2,1-2H3,(H,16,17,18)/t12-/m0/s1. The number of hydrogen-bond donors (Lipinski definition) is 1. The molecule has 0 aliphatic carbocycles. The molecule has 110 valence electrons. The first-order valence-electron chi connectivity index (χ1n) is 7.07. The number of carbonyl (C=O) groups excluding carboxylic acids is 1. The Balaban J connectivity index is 1.89. The molecule has 1 amide bonds. The summed E-state index contributed by atoms with van der Waals surface area (Å²) in [7, 11) is 1.74. The quantitative estimate of drug-likeness (QED) is 0.938. The lowest BCUT2D eigenvalue weighted by Gasteiger charge is -2.23. The summed E-state index contributed by atoms with van der Waals surface area (Å²) in [5.41, 5.74) is 1.19. The Labute approximate surface area is 123 Å². The molecule has 0 bridgehead atoms. The minimum absolute atomic E-state index is 0.000747. The predicted molar refractivity (Wildman–Crippen MR) is 78.0 cm³/mol. The van der Waals surface area contributed by atoms with E-state index in [4.69, 9.17) is 4.42 Å². The number of aromatic nitrogens is 2. The Bertz CT molecular complexity index is 639.